The molecule has 0 fully saturated rings. The number of benzene rings is 5. The van der Waals surface area contributed by atoms with Gasteiger partial charge in [0, 0.05) is 27.9 Å². The van der Waals surface area contributed by atoms with Crippen LogP contribution in [0.15, 0.2) is 134 Å². The van der Waals surface area contributed by atoms with Gasteiger partial charge in [0.25, 0.3) is 0 Å². The van der Waals surface area contributed by atoms with Crippen molar-refractivity contribution >= 4 is 28.1 Å². The van der Waals surface area contributed by atoms with Crippen LogP contribution in [-0.4, -0.2) is 24.9 Å². The van der Waals surface area contributed by atoms with E-state index in [1.165, 1.54) is 0 Å². The molecule has 41 heavy (non-hydrogen) atoms. The van der Waals surface area contributed by atoms with Gasteiger partial charge in [-0.15, -0.1) is 0 Å². The second kappa shape index (κ2) is 9.47. The number of hydrogen-bond donors (Lipinski definition) is 0. The number of rotatable bonds is 4. The Balaban J connectivity index is 1.38. The molecule has 6 heteroatoms. The van der Waals surface area contributed by atoms with Gasteiger partial charge in [0.15, 0.2) is 17.5 Å². The standard InChI is InChI=1S/C35H22N6/c1-4-12-23(13-5-1)32-38-33(24-14-6-2-7-15-24)40-34(39-32)25-20-28-27-18-10-11-19-30(27)41(26-16-8-3-9-17-26)35-31(28)29(21-25)36-22-37-35/h1-22H. The second-order valence-corrected chi connectivity index (χ2v) is 9.84. The number of anilines is 3. The molecule has 7 aromatic rings. The molecule has 6 nitrogen and oxygen atoms in total. The molecule has 0 N–H and O–H groups in total. The largest absolute Gasteiger partial charge is 0.294 e. The van der Waals surface area contributed by atoms with Gasteiger partial charge in [0.2, 0.25) is 0 Å². The topological polar surface area (TPSA) is 67.7 Å². The quantitative estimate of drug-likeness (QED) is 0.230. The van der Waals surface area contributed by atoms with Crippen LogP contribution in [0, 0.1) is 0 Å². The lowest BCUT2D eigenvalue weighted by molar-refractivity contribution is 1.07. The van der Waals surface area contributed by atoms with Crippen LogP contribution in [-0.2, 0) is 0 Å². The van der Waals surface area contributed by atoms with E-state index < -0.39 is 0 Å². The molecule has 0 unspecified atom stereocenters. The summed E-state index contributed by atoms with van der Waals surface area (Å²) in [5.74, 6) is 2.70. The fraction of sp³-hybridized carbons (Fsp3) is 0. The van der Waals surface area contributed by atoms with Crippen molar-refractivity contribution in [2.75, 3.05) is 4.90 Å². The molecule has 0 bridgehead atoms. The summed E-state index contributed by atoms with van der Waals surface area (Å²) in [5.41, 5.74) is 7.84. The molecular formula is C35H22N6. The minimum Gasteiger partial charge on any atom is -0.294 e. The van der Waals surface area contributed by atoms with Crippen molar-refractivity contribution in [2.45, 2.75) is 0 Å². The molecule has 1 aliphatic rings. The Morgan fingerprint density at radius 3 is 1.68 bits per heavy atom. The number of fused-ring (bicyclic) bond motifs is 2. The number of hydrogen-bond acceptors (Lipinski definition) is 6. The fourth-order valence-electron chi connectivity index (χ4n) is 5.47. The first-order valence-electron chi connectivity index (χ1n) is 13.4. The van der Waals surface area contributed by atoms with E-state index in [2.05, 4.69) is 53.4 Å². The van der Waals surface area contributed by atoms with E-state index in [1.54, 1.807) is 6.33 Å². The van der Waals surface area contributed by atoms with Crippen molar-refractivity contribution < 1.29 is 0 Å². The Morgan fingerprint density at radius 1 is 0.463 bits per heavy atom. The zero-order valence-corrected chi connectivity index (χ0v) is 21.9. The van der Waals surface area contributed by atoms with Crippen molar-refractivity contribution in [3.8, 4) is 45.3 Å². The van der Waals surface area contributed by atoms with Crippen LogP contribution in [0.5, 0.6) is 0 Å². The zero-order valence-electron chi connectivity index (χ0n) is 21.9. The summed E-state index contributed by atoms with van der Waals surface area (Å²) >= 11 is 0. The molecule has 0 saturated heterocycles. The summed E-state index contributed by atoms with van der Waals surface area (Å²) in [6.07, 6.45) is 1.63. The average molecular weight is 527 g/mol. The Morgan fingerprint density at radius 2 is 1.02 bits per heavy atom. The van der Waals surface area contributed by atoms with Crippen LogP contribution in [0.2, 0.25) is 0 Å². The third-order valence-electron chi connectivity index (χ3n) is 7.34. The molecule has 1 aliphatic heterocycles. The molecule has 0 amide bonds. The highest BCUT2D eigenvalue weighted by atomic mass is 15.2. The van der Waals surface area contributed by atoms with E-state index in [4.69, 9.17) is 24.9 Å². The molecule has 3 heterocycles. The van der Waals surface area contributed by atoms with E-state index in [0.717, 1.165) is 55.9 Å². The first kappa shape index (κ1) is 23.2. The minimum absolute atomic E-state index is 0.596. The van der Waals surface area contributed by atoms with Gasteiger partial charge in [-0.05, 0) is 35.9 Å². The summed E-state index contributed by atoms with van der Waals surface area (Å²) in [5, 5.41) is 0.999. The van der Waals surface area contributed by atoms with Gasteiger partial charge >= 0.3 is 0 Å². The summed E-state index contributed by atoms with van der Waals surface area (Å²) in [6.45, 7) is 0. The monoisotopic (exact) mass is 526 g/mol. The summed E-state index contributed by atoms with van der Waals surface area (Å²) in [4.78, 5) is 26.5. The van der Waals surface area contributed by atoms with E-state index in [1.807, 2.05) is 78.9 Å². The molecule has 0 spiro atoms. The number of para-hydroxylation sites is 2. The van der Waals surface area contributed by atoms with E-state index in [9.17, 15) is 0 Å². The summed E-state index contributed by atoms with van der Waals surface area (Å²) in [7, 11) is 0. The zero-order chi connectivity index (χ0) is 27.2. The average Bonchev–Trinajstić information content (AvgIpc) is 3.06. The maximum atomic E-state index is 4.96. The summed E-state index contributed by atoms with van der Waals surface area (Å²) < 4.78 is 0. The van der Waals surface area contributed by atoms with Gasteiger partial charge in [-0.25, -0.2) is 24.9 Å². The van der Waals surface area contributed by atoms with Crippen molar-refractivity contribution in [1.29, 1.82) is 0 Å². The van der Waals surface area contributed by atoms with E-state index in [-0.39, 0.29) is 0 Å². The van der Waals surface area contributed by atoms with Gasteiger partial charge < -0.3 is 0 Å². The van der Waals surface area contributed by atoms with Crippen molar-refractivity contribution in [1.82, 2.24) is 24.9 Å². The van der Waals surface area contributed by atoms with Gasteiger partial charge in [-0.3, -0.25) is 4.90 Å². The number of nitrogens with zero attached hydrogens (tertiary/aromatic N) is 6. The molecule has 0 aliphatic carbocycles. The second-order valence-electron chi connectivity index (χ2n) is 9.84. The molecule has 0 saturated carbocycles. The lowest BCUT2D eigenvalue weighted by Gasteiger charge is -2.32. The first-order valence-corrected chi connectivity index (χ1v) is 13.4. The first-order chi connectivity index (χ1) is 20.3. The fourth-order valence-corrected chi connectivity index (χ4v) is 5.47. The SMILES string of the molecule is c1ccc(-c2nc(-c3ccccc3)nc(-c3cc4c5c(ncnc5c3)N(c3ccccc3)c3ccccc3-4)n2)cc1. The van der Waals surface area contributed by atoms with Gasteiger partial charge in [-0.1, -0.05) is 97.1 Å². The van der Waals surface area contributed by atoms with Crippen LogP contribution in [0.4, 0.5) is 17.2 Å². The maximum absolute atomic E-state index is 4.96. The van der Waals surface area contributed by atoms with Crippen LogP contribution in [0.3, 0.4) is 0 Å². The summed E-state index contributed by atoms with van der Waals surface area (Å²) in [6, 6.07) is 43.0. The molecule has 0 atom stereocenters. The maximum Gasteiger partial charge on any atom is 0.164 e. The third-order valence-corrected chi connectivity index (χ3v) is 7.34. The molecule has 8 rings (SSSR count). The predicted octanol–water partition coefficient (Wildman–Crippen LogP) is 8.27. The smallest absolute Gasteiger partial charge is 0.164 e. The van der Waals surface area contributed by atoms with Crippen molar-refractivity contribution in [3.63, 3.8) is 0 Å². The van der Waals surface area contributed by atoms with Crippen LogP contribution < -0.4 is 4.90 Å². The van der Waals surface area contributed by atoms with Crippen LogP contribution >= 0.6 is 0 Å². The highest BCUT2D eigenvalue weighted by Crippen LogP contribution is 2.50. The Kier molecular flexibility index (Phi) is 5.35. The van der Waals surface area contributed by atoms with Crippen molar-refractivity contribution in [2.24, 2.45) is 0 Å². The molecule has 0 radical (unpaired) electrons. The molecule has 192 valence electrons. The Labute approximate surface area is 236 Å². The molecule has 5 aromatic carbocycles. The lowest BCUT2D eigenvalue weighted by atomic mass is 9.92. The lowest BCUT2D eigenvalue weighted by Crippen LogP contribution is -2.16. The minimum atomic E-state index is 0.596. The Hall–Kier alpha value is -5.75. The van der Waals surface area contributed by atoms with Gasteiger partial charge in [0.1, 0.15) is 12.1 Å². The predicted molar refractivity (Wildman–Crippen MR) is 163 cm³/mol. The van der Waals surface area contributed by atoms with E-state index >= 15 is 0 Å². The normalized spacial score (nSPS) is 11.9. The molecule has 2 aromatic heterocycles. The van der Waals surface area contributed by atoms with Crippen LogP contribution in [0.1, 0.15) is 0 Å². The molecular weight excluding hydrogens is 504 g/mol. The van der Waals surface area contributed by atoms with Gasteiger partial charge in [-0.2, -0.15) is 0 Å². The number of aromatic nitrogens is 5. The van der Waals surface area contributed by atoms with Crippen LogP contribution in [0.25, 0.3) is 56.2 Å². The van der Waals surface area contributed by atoms with Gasteiger partial charge in [0.05, 0.1) is 16.6 Å². The highest BCUT2D eigenvalue weighted by molar-refractivity contribution is 6.12. The van der Waals surface area contributed by atoms with Crippen molar-refractivity contribution in [3.05, 3.63) is 134 Å². The highest BCUT2D eigenvalue weighted by Gasteiger charge is 2.28. The third kappa shape index (κ3) is 3.93. The van der Waals surface area contributed by atoms with E-state index in [0.29, 0.717) is 17.5 Å². The Bertz CT molecular complexity index is 1990.